The van der Waals surface area contributed by atoms with Gasteiger partial charge in [0.1, 0.15) is 22.1 Å². The molecular weight excluding hydrogens is 544 g/mol. The summed E-state index contributed by atoms with van der Waals surface area (Å²) in [7, 11) is 0. The van der Waals surface area contributed by atoms with Crippen LogP contribution in [0.5, 0.6) is 0 Å². The molecule has 0 aliphatic rings. The molecule has 0 saturated carbocycles. The number of pyridine rings is 2. The SMILES string of the molecule is Clc1ncc(Br)c2nccnc12.FC(F)(F)c1ccc(-c2cnc(Cl)c3nccnc23)cc1. The molecule has 0 radical (unpaired) electrons. The Morgan fingerprint density at radius 2 is 1.12 bits per heavy atom. The highest BCUT2D eigenvalue weighted by Crippen LogP contribution is 2.33. The highest BCUT2D eigenvalue weighted by molar-refractivity contribution is 9.10. The van der Waals surface area contributed by atoms with Gasteiger partial charge in [-0.15, -0.1) is 0 Å². The fourth-order valence-corrected chi connectivity index (χ4v) is 3.65. The monoisotopic (exact) mass is 552 g/mol. The van der Waals surface area contributed by atoms with Gasteiger partial charge < -0.3 is 0 Å². The molecule has 6 nitrogen and oxygen atoms in total. The lowest BCUT2D eigenvalue weighted by atomic mass is 10.0. The van der Waals surface area contributed by atoms with E-state index in [-0.39, 0.29) is 5.15 Å². The van der Waals surface area contributed by atoms with E-state index >= 15 is 0 Å². The standard InChI is InChI=1S/C14H7ClF3N3.C7H3BrClN3/c15-13-12-11(19-5-6-20-12)10(7-21-13)8-1-3-9(4-2-8)14(16,17)18;8-4-3-12-7(9)6-5(4)10-1-2-11-6/h1-7H;1-3H. The highest BCUT2D eigenvalue weighted by atomic mass is 79.9. The number of aromatic nitrogens is 6. The number of alkyl halides is 3. The van der Waals surface area contributed by atoms with Crippen LogP contribution < -0.4 is 0 Å². The summed E-state index contributed by atoms with van der Waals surface area (Å²) in [5.74, 6) is 0. The average molecular weight is 554 g/mol. The largest absolute Gasteiger partial charge is 0.416 e. The predicted octanol–water partition coefficient (Wildman–Crippen LogP) is 6.80. The maximum absolute atomic E-state index is 12.6. The molecule has 0 saturated heterocycles. The van der Waals surface area contributed by atoms with Crippen LogP contribution in [0.4, 0.5) is 13.2 Å². The molecule has 5 aromatic rings. The van der Waals surface area contributed by atoms with Crippen molar-refractivity contribution in [2.45, 2.75) is 6.18 Å². The van der Waals surface area contributed by atoms with Crippen LogP contribution in [0.3, 0.4) is 0 Å². The van der Waals surface area contributed by atoms with Gasteiger partial charge >= 0.3 is 6.18 Å². The van der Waals surface area contributed by atoms with Crippen molar-refractivity contribution in [1.82, 2.24) is 29.9 Å². The summed E-state index contributed by atoms with van der Waals surface area (Å²) in [6, 6.07) is 4.79. The molecule has 0 fully saturated rings. The molecule has 0 amide bonds. The topological polar surface area (TPSA) is 77.3 Å². The second kappa shape index (κ2) is 9.50. The molecule has 1 aromatic carbocycles. The first-order chi connectivity index (χ1) is 15.8. The fraction of sp³-hybridized carbons (Fsp3) is 0.0476. The first-order valence-electron chi connectivity index (χ1n) is 9.09. The summed E-state index contributed by atoms with van der Waals surface area (Å²) >= 11 is 15.0. The Labute approximate surface area is 203 Å². The van der Waals surface area contributed by atoms with Gasteiger partial charge in [0, 0.05) is 42.7 Å². The number of hydrogen-bond acceptors (Lipinski definition) is 6. The van der Waals surface area contributed by atoms with Crippen LogP contribution in [0.2, 0.25) is 10.3 Å². The molecule has 33 heavy (non-hydrogen) atoms. The molecule has 4 heterocycles. The third-order valence-corrected chi connectivity index (χ3v) is 5.52. The summed E-state index contributed by atoms with van der Waals surface area (Å²) in [5, 5.41) is 0.579. The summed E-state index contributed by atoms with van der Waals surface area (Å²) in [6.45, 7) is 0. The molecule has 5 rings (SSSR count). The van der Waals surface area contributed by atoms with Gasteiger partial charge in [-0.05, 0) is 33.6 Å². The van der Waals surface area contributed by atoms with E-state index in [0.29, 0.717) is 32.8 Å². The van der Waals surface area contributed by atoms with Crippen LogP contribution in [-0.4, -0.2) is 29.9 Å². The summed E-state index contributed by atoms with van der Waals surface area (Å²) < 4.78 is 38.5. The first-order valence-corrected chi connectivity index (χ1v) is 10.6. The maximum Gasteiger partial charge on any atom is 0.416 e. The van der Waals surface area contributed by atoms with Crippen LogP contribution >= 0.6 is 39.1 Å². The minimum atomic E-state index is -4.36. The number of halogens is 6. The molecule has 0 aliphatic carbocycles. The van der Waals surface area contributed by atoms with Crippen molar-refractivity contribution in [3.05, 3.63) is 81.8 Å². The number of rotatable bonds is 1. The van der Waals surface area contributed by atoms with E-state index in [1.807, 2.05) is 0 Å². The molecule has 0 bridgehead atoms. The zero-order valence-corrected chi connectivity index (χ0v) is 19.3. The van der Waals surface area contributed by atoms with Crippen molar-refractivity contribution in [2.24, 2.45) is 0 Å². The van der Waals surface area contributed by atoms with Gasteiger partial charge in [-0.25, -0.2) is 19.9 Å². The van der Waals surface area contributed by atoms with E-state index in [4.69, 9.17) is 23.2 Å². The highest BCUT2D eigenvalue weighted by Gasteiger charge is 2.30. The minimum Gasteiger partial charge on any atom is -0.252 e. The van der Waals surface area contributed by atoms with E-state index in [1.54, 1.807) is 18.6 Å². The Kier molecular flexibility index (Phi) is 6.68. The molecule has 166 valence electrons. The van der Waals surface area contributed by atoms with Crippen LogP contribution in [-0.2, 0) is 6.18 Å². The van der Waals surface area contributed by atoms with E-state index in [9.17, 15) is 13.2 Å². The molecule has 0 N–H and O–H groups in total. The Bertz CT molecular complexity index is 1410. The molecule has 0 aliphatic heterocycles. The van der Waals surface area contributed by atoms with Crippen LogP contribution in [0.25, 0.3) is 33.2 Å². The van der Waals surface area contributed by atoms with Gasteiger partial charge in [0.2, 0.25) is 0 Å². The number of fused-ring (bicyclic) bond motifs is 2. The third kappa shape index (κ3) is 5.02. The lowest BCUT2D eigenvalue weighted by Gasteiger charge is -2.09. The van der Waals surface area contributed by atoms with Gasteiger partial charge in [0.05, 0.1) is 10.0 Å². The van der Waals surface area contributed by atoms with Gasteiger partial charge in [0.25, 0.3) is 0 Å². The number of nitrogens with zero attached hydrogens (tertiary/aromatic N) is 6. The average Bonchev–Trinajstić information content (AvgIpc) is 2.82. The van der Waals surface area contributed by atoms with Crippen LogP contribution in [0.15, 0.2) is 65.9 Å². The molecule has 0 spiro atoms. The first kappa shape index (κ1) is 23.2. The van der Waals surface area contributed by atoms with Crippen LogP contribution in [0, 0.1) is 0 Å². The van der Waals surface area contributed by atoms with Crippen LogP contribution in [0.1, 0.15) is 5.56 Å². The molecule has 4 aromatic heterocycles. The summed E-state index contributed by atoms with van der Waals surface area (Å²) in [6.07, 6.45) is 4.89. The van der Waals surface area contributed by atoms with Crippen molar-refractivity contribution in [3.8, 4) is 11.1 Å². The van der Waals surface area contributed by atoms with Crippen molar-refractivity contribution in [2.75, 3.05) is 0 Å². The van der Waals surface area contributed by atoms with Crippen molar-refractivity contribution >= 4 is 61.2 Å². The Morgan fingerprint density at radius 1 is 0.636 bits per heavy atom. The van der Waals surface area contributed by atoms with Crippen molar-refractivity contribution < 1.29 is 13.2 Å². The Balaban J connectivity index is 0.000000183. The van der Waals surface area contributed by atoms with E-state index in [1.165, 1.54) is 30.7 Å². The predicted molar refractivity (Wildman–Crippen MR) is 123 cm³/mol. The van der Waals surface area contributed by atoms with E-state index < -0.39 is 11.7 Å². The lowest BCUT2D eigenvalue weighted by molar-refractivity contribution is -0.137. The van der Waals surface area contributed by atoms with Crippen molar-refractivity contribution in [1.29, 1.82) is 0 Å². The molecule has 0 atom stereocenters. The molecule has 12 heteroatoms. The van der Waals surface area contributed by atoms with E-state index in [2.05, 4.69) is 45.8 Å². The Hall–Kier alpha value is -2.95. The van der Waals surface area contributed by atoms with Gasteiger partial charge in [-0.3, -0.25) is 9.97 Å². The lowest BCUT2D eigenvalue weighted by Crippen LogP contribution is -2.04. The number of hydrogen-bond donors (Lipinski definition) is 0. The second-order valence-corrected chi connectivity index (χ2v) is 8.01. The van der Waals surface area contributed by atoms with E-state index in [0.717, 1.165) is 22.1 Å². The fourth-order valence-electron chi connectivity index (χ4n) is 2.88. The zero-order valence-electron chi connectivity index (χ0n) is 16.2. The zero-order chi connectivity index (χ0) is 23.6. The van der Waals surface area contributed by atoms with Crippen molar-refractivity contribution in [3.63, 3.8) is 0 Å². The number of benzene rings is 1. The normalized spacial score (nSPS) is 11.3. The smallest absolute Gasteiger partial charge is 0.252 e. The molecular formula is C21H10BrCl2F3N6. The minimum absolute atomic E-state index is 0.203. The second-order valence-electron chi connectivity index (χ2n) is 6.44. The van der Waals surface area contributed by atoms with Gasteiger partial charge in [-0.2, -0.15) is 13.2 Å². The summed E-state index contributed by atoms with van der Waals surface area (Å²) in [4.78, 5) is 24.3. The quantitative estimate of drug-likeness (QED) is 0.212. The summed E-state index contributed by atoms with van der Waals surface area (Å²) in [5.41, 5.74) is 2.71. The molecule has 0 unspecified atom stereocenters. The third-order valence-electron chi connectivity index (χ3n) is 4.39. The Morgan fingerprint density at radius 3 is 1.67 bits per heavy atom. The van der Waals surface area contributed by atoms with Gasteiger partial charge in [0.15, 0.2) is 10.3 Å². The van der Waals surface area contributed by atoms with Gasteiger partial charge in [-0.1, -0.05) is 35.3 Å². The maximum atomic E-state index is 12.6.